The van der Waals surface area contributed by atoms with Gasteiger partial charge in [0.15, 0.2) is 11.5 Å². The number of carbonyl (C=O) groups is 1. The summed E-state index contributed by atoms with van der Waals surface area (Å²) in [7, 11) is 1.53. The maximum atomic E-state index is 12.5. The third kappa shape index (κ3) is 3.67. The molecule has 2 aromatic rings. The number of carbonyl (C=O) groups excluding carboxylic acids is 1. The molecule has 0 spiro atoms. The van der Waals surface area contributed by atoms with Crippen molar-refractivity contribution in [3.63, 3.8) is 0 Å². The molecular formula is C26H28O5. The van der Waals surface area contributed by atoms with Crippen molar-refractivity contribution < 1.29 is 24.5 Å². The van der Waals surface area contributed by atoms with Crippen LogP contribution in [0.25, 0.3) is 17.2 Å². The molecule has 2 N–H and O–H groups in total. The van der Waals surface area contributed by atoms with Crippen LogP contribution in [0.2, 0.25) is 0 Å². The minimum atomic E-state index is -0.328. The maximum absolute atomic E-state index is 12.5. The van der Waals surface area contributed by atoms with Crippen molar-refractivity contribution in [2.45, 2.75) is 50.5 Å². The Balaban J connectivity index is 1.75. The maximum Gasteiger partial charge on any atom is 0.331 e. The Kier molecular flexibility index (Phi) is 5.12. The van der Waals surface area contributed by atoms with Crippen LogP contribution in [0, 0.1) is 11.8 Å². The van der Waals surface area contributed by atoms with Gasteiger partial charge in [0.2, 0.25) is 0 Å². The fourth-order valence-electron chi connectivity index (χ4n) is 5.93. The van der Waals surface area contributed by atoms with Crippen LogP contribution in [-0.4, -0.2) is 29.4 Å². The molecule has 31 heavy (non-hydrogen) atoms. The number of ether oxygens (including phenoxy) is 2. The molecule has 0 aromatic heterocycles. The number of methoxy groups -OCH3 is 1. The van der Waals surface area contributed by atoms with Crippen LogP contribution in [-0.2, 0) is 9.53 Å². The van der Waals surface area contributed by atoms with Crippen LogP contribution >= 0.6 is 0 Å². The Morgan fingerprint density at radius 1 is 0.968 bits per heavy atom. The zero-order valence-electron chi connectivity index (χ0n) is 17.7. The van der Waals surface area contributed by atoms with Gasteiger partial charge < -0.3 is 19.7 Å². The molecule has 3 aliphatic rings. The Bertz CT molecular complexity index is 1040. The van der Waals surface area contributed by atoms with Gasteiger partial charge in [-0.3, -0.25) is 0 Å². The number of hydrogen-bond donors (Lipinski definition) is 2. The minimum Gasteiger partial charge on any atom is -0.507 e. The highest BCUT2D eigenvalue weighted by Gasteiger charge is 2.42. The second kappa shape index (κ2) is 7.95. The van der Waals surface area contributed by atoms with Gasteiger partial charge in [0.25, 0.3) is 0 Å². The lowest BCUT2D eigenvalue weighted by Crippen LogP contribution is -2.38. The summed E-state index contributed by atoms with van der Waals surface area (Å²) in [5.74, 6) is 1.41. The van der Waals surface area contributed by atoms with Crippen molar-refractivity contribution in [2.75, 3.05) is 7.11 Å². The van der Waals surface area contributed by atoms with Gasteiger partial charge in [-0.25, -0.2) is 4.79 Å². The number of phenols is 2. The predicted octanol–water partition coefficient (Wildman–Crippen LogP) is 5.40. The molecule has 2 fully saturated rings. The topological polar surface area (TPSA) is 76.0 Å². The third-order valence-electron chi connectivity index (χ3n) is 7.32. The average Bonchev–Trinajstić information content (AvgIpc) is 2.77. The van der Waals surface area contributed by atoms with E-state index in [9.17, 15) is 15.0 Å². The Morgan fingerprint density at radius 3 is 2.65 bits per heavy atom. The molecule has 1 heterocycles. The SMILES string of the molecule is COc1cc2c(cc1O)[C@@H]1C[C@H](C[C@@H]3CCCC[C@@H]31)OC(=O)/C=C\c1ccc(O)c-2c1. The van der Waals surface area contributed by atoms with E-state index in [0.29, 0.717) is 23.1 Å². The quantitative estimate of drug-likeness (QED) is 0.605. The van der Waals surface area contributed by atoms with Gasteiger partial charge >= 0.3 is 5.97 Å². The first-order valence-electron chi connectivity index (χ1n) is 11.2. The first-order valence-corrected chi connectivity index (χ1v) is 11.2. The van der Waals surface area contributed by atoms with Crippen molar-refractivity contribution in [3.05, 3.63) is 47.5 Å². The molecule has 0 radical (unpaired) electrons. The van der Waals surface area contributed by atoms with Crippen LogP contribution in [0.1, 0.15) is 55.6 Å². The lowest BCUT2D eigenvalue weighted by Gasteiger charge is -2.45. The zero-order chi connectivity index (χ0) is 21.5. The molecule has 4 bridgehead atoms. The number of rotatable bonds is 1. The van der Waals surface area contributed by atoms with Crippen molar-refractivity contribution in [2.24, 2.45) is 11.8 Å². The largest absolute Gasteiger partial charge is 0.507 e. The Hall–Kier alpha value is -2.95. The Labute approximate surface area is 182 Å². The van der Waals surface area contributed by atoms with E-state index in [0.717, 1.165) is 42.4 Å². The number of fused-ring (bicyclic) bond motifs is 9. The van der Waals surface area contributed by atoms with E-state index >= 15 is 0 Å². The third-order valence-corrected chi connectivity index (χ3v) is 7.32. The molecule has 1 aliphatic heterocycles. The van der Waals surface area contributed by atoms with Crippen LogP contribution in [0.4, 0.5) is 0 Å². The molecule has 2 aromatic carbocycles. The van der Waals surface area contributed by atoms with Crippen molar-refractivity contribution in [3.8, 4) is 28.4 Å². The molecule has 0 unspecified atom stereocenters. The molecule has 4 atom stereocenters. The predicted molar refractivity (Wildman–Crippen MR) is 118 cm³/mol. The standard InChI is InChI=1S/C26H28O5/c1-30-25-14-21-20(13-24(25)28)19-12-17(11-16-4-2-3-5-18(16)19)31-26(29)9-7-15-6-8-23(27)22(21)10-15/h6-10,13-14,16-19,27-28H,2-5,11-12H2,1H3/b9-7-/t16-,17-,18-,19+/m0/s1. The molecule has 0 amide bonds. The van der Waals surface area contributed by atoms with Crippen molar-refractivity contribution in [1.82, 2.24) is 0 Å². The highest BCUT2D eigenvalue weighted by atomic mass is 16.5. The number of phenolic OH excluding ortho intramolecular Hbond substituents is 2. The van der Waals surface area contributed by atoms with Gasteiger partial charge in [0.1, 0.15) is 11.9 Å². The fraction of sp³-hybridized carbons (Fsp3) is 0.423. The second-order valence-electron chi connectivity index (χ2n) is 9.07. The van der Waals surface area contributed by atoms with E-state index in [2.05, 4.69) is 0 Å². The second-order valence-corrected chi connectivity index (χ2v) is 9.07. The van der Waals surface area contributed by atoms with Crippen LogP contribution < -0.4 is 4.74 Å². The summed E-state index contributed by atoms with van der Waals surface area (Å²) in [6.07, 6.45) is 9.34. The smallest absolute Gasteiger partial charge is 0.331 e. The molecule has 2 saturated carbocycles. The summed E-state index contributed by atoms with van der Waals surface area (Å²) in [5, 5.41) is 21.4. The first kappa shape index (κ1) is 20.0. The van der Waals surface area contributed by atoms with Crippen LogP contribution in [0.5, 0.6) is 17.2 Å². The molecule has 5 heteroatoms. The molecule has 5 rings (SSSR count). The molecular weight excluding hydrogens is 392 g/mol. The van der Waals surface area contributed by atoms with E-state index in [1.165, 1.54) is 26.0 Å². The van der Waals surface area contributed by atoms with E-state index in [1.54, 1.807) is 24.3 Å². The lowest BCUT2D eigenvalue weighted by atomic mass is 9.62. The number of benzene rings is 2. The van der Waals surface area contributed by atoms with Crippen molar-refractivity contribution >= 4 is 12.0 Å². The number of aromatic hydroxyl groups is 2. The van der Waals surface area contributed by atoms with Crippen LogP contribution in [0.3, 0.4) is 0 Å². The van der Waals surface area contributed by atoms with E-state index in [-0.39, 0.29) is 29.5 Å². The van der Waals surface area contributed by atoms with Gasteiger partial charge in [-0.1, -0.05) is 25.3 Å². The fourth-order valence-corrected chi connectivity index (χ4v) is 5.93. The van der Waals surface area contributed by atoms with Gasteiger partial charge in [0.05, 0.1) is 7.11 Å². The van der Waals surface area contributed by atoms with Gasteiger partial charge in [0, 0.05) is 11.6 Å². The Morgan fingerprint density at radius 2 is 1.81 bits per heavy atom. The average molecular weight is 421 g/mol. The molecule has 2 aliphatic carbocycles. The number of hydrogen-bond acceptors (Lipinski definition) is 5. The first-order chi connectivity index (χ1) is 15.0. The van der Waals surface area contributed by atoms with Gasteiger partial charge in [-0.15, -0.1) is 0 Å². The molecule has 0 saturated heterocycles. The monoisotopic (exact) mass is 420 g/mol. The molecule has 162 valence electrons. The van der Waals surface area contributed by atoms with Crippen molar-refractivity contribution in [1.29, 1.82) is 0 Å². The van der Waals surface area contributed by atoms with Gasteiger partial charge in [-0.05, 0) is 84.0 Å². The number of esters is 1. The highest BCUT2D eigenvalue weighted by molar-refractivity contribution is 5.88. The highest BCUT2D eigenvalue weighted by Crippen LogP contribution is 2.53. The van der Waals surface area contributed by atoms with E-state index in [4.69, 9.17) is 9.47 Å². The van der Waals surface area contributed by atoms with Gasteiger partial charge in [-0.2, -0.15) is 0 Å². The summed E-state index contributed by atoms with van der Waals surface area (Å²) in [6, 6.07) is 8.90. The van der Waals surface area contributed by atoms with E-state index in [1.807, 2.05) is 12.1 Å². The summed E-state index contributed by atoms with van der Waals surface area (Å²) >= 11 is 0. The normalized spacial score (nSPS) is 28.2. The van der Waals surface area contributed by atoms with E-state index < -0.39 is 0 Å². The summed E-state index contributed by atoms with van der Waals surface area (Å²) in [5.41, 5.74) is 3.33. The van der Waals surface area contributed by atoms with Crippen LogP contribution in [0.15, 0.2) is 36.4 Å². The molecule has 5 nitrogen and oxygen atoms in total. The summed E-state index contributed by atoms with van der Waals surface area (Å²) in [4.78, 5) is 12.5. The minimum absolute atomic E-state index is 0.0929. The zero-order valence-corrected chi connectivity index (χ0v) is 17.7. The lowest BCUT2D eigenvalue weighted by molar-refractivity contribution is -0.146. The summed E-state index contributed by atoms with van der Waals surface area (Å²) < 4.78 is 11.3. The summed E-state index contributed by atoms with van der Waals surface area (Å²) in [6.45, 7) is 0.